The smallest absolute Gasteiger partial charge is 0.406 e. The third-order valence-corrected chi connectivity index (χ3v) is 1.99. The Labute approximate surface area is 87.1 Å². The number of primary amides is 1. The first-order valence-electron chi connectivity index (χ1n) is 3.96. The largest absolute Gasteiger partial charge is 0.429 e. The van der Waals surface area contributed by atoms with Crippen LogP contribution in [0.25, 0.3) is 0 Å². The van der Waals surface area contributed by atoms with Gasteiger partial charge in [0, 0.05) is 0 Å². The fourth-order valence-corrected chi connectivity index (χ4v) is 1.25. The van der Waals surface area contributed by atoms with Crippen molar-refractivity contribution in [3.63, 3.8) is 0 Å². The zero-order chi connectivity index (χ0) is 10.2. The van der Waals surface area contributed by atoms with E-state index in [9.17, 15) is 4.79 Å². The predicted octanol–water partition coefficient (Wildman–Crippen LogP) is 0.760. The number of thioether (sulfide) groups is 1. The minimum absolute atomic E-state index is 0.583. The average Bonchev–Trinajstić information content (AvgIpc) is 2.15. The average molecular weight is 207 g/mol. The van der Waals surface area contributed by atoms with E-state index >= 15 is 0 Å². The summed E-state index contributed by atoms with van der Waals surface area (Å²) in [6, 6.07) is 0. The molecule has 1 heterocycles. The van der Waals surface area contributed by atoms with Gasteiger partial charge >= 0.3 is 6.09 Å². The second kappa shape index (κ2) is 6.01. The lowest BCUT2D eigenvalue weighted by Gasteiger charge is -2.04. The Bertz CT molecular complexity index is 354. The van der Waals surface area contributed by atoms with Crippen LogP contribution in [0.2, 0.25) is 0 Å². The molecule has 0 radical (unpaired) electrons. The van der Waals surface area contributed by atoms with Crippen LogP contribution in [0.1, 0.15) is 0 Å². The lowest BCUT2D eigenvalue weighted by molar-refractivity contribution is 0.150. The highest BCUT2D eigenvalue weighted by Gasteiger charge is 2.03. The molecular weight excluding hydrogens is 198 g/mol. The molecule has 0 aromatic rings. The molecule has 1 unspecified atom stereocenters. The van der Waals surface area contributed by atoms with Gasteiger partial charge < -0.3 is 10.5 Å². The van der Waals surface area contributed by atoms with Crippen LogP contribution in [0.4, 0.5) is 4.79 Å². The summed E-state index contributed by atoms with van der Waals surface area (Å²) in [6.45, 7) is 0. The molecule has 0 fully saturated rings. The molecule has 1 amide bonds. The molecule has 1 aliphatic rings. The van der Waals surface area contributed by atoms with Crippen molar-refractivity contribution in [3.8, 4) is 23.7 Å². The molecule has 0 aliphatic carbocycles. The molecule has 0 bridgehead atoms. The van der Waals surface area contributed by atoms with E-state index in [4.69, 9.17) is 10.5 Å². The molecule has 1 rings (SSSR count). The zero-order valence-corrected chi connectivity index (χ0v) is 8.26. The van der Waals surface area contributed by atoms with Gasteiger partial charge in [0.05, 0.1) is 11.5 Å². The highest BCUT2D eigenvalue weighted by molar-refractivity contribution is 7.99. The van der Waals surface area contributed by atoms with Crippen molar-refractivity contribution >= 4 is 17.9 Å². The number of nitrogens with two attached hydrogens (primary N) is 1. The first kappa shape index (κ1) is 10.6. The van der Waals surface area contributed by atoms with Crippen LogP contribution in [0.15, 0.2) is 12.2 Å². The van der Waals surface area contributed by atoms with E-state index < -0.39 is 12.2 Å². The van der Waals surface area contributed by atoms with Crippen LogP contribution < -0.4 is 5.73 Å². The fourth-order valence-electron chi connectivity index (χ4n) is 0.773. The summed E-state index contributed by atoms with van der Waals surface area (Å²) in [5.41, 5.74) is 4.88. The van der Waals surface area contributed by atoms with Gasteiger partial charge in [-0.15, -0.1) is 11.8 Å². The molecule has 0 aromatic carbocycles. The Kier molecular flexibility index (Phi) is 4.54. The van der Waals surface area contributed by atoms with Crippen molar-refractivity contribution in [3.05, 3.63) is 12.2 Å². The van der Waals surface area contributed by atoms with Gasteiger partial charge in [0.15, 0.2) is 6.10 Å². The summed E-state index contributed by atoms with van der Waals surface area (Å²) in [6.07, 6.45) is 1.82. The molecule has 0 saturated heterocycles. The summed E-state index contributed by atoms with van der Waals surface area (Å²) in [5, 5.41) is 0. The lowest BCUT2D eigenvalue weighted by atomic mass is 10.3. The molecule has 0 aromatic heterocycles. The van der Waals surface area contributed by atoms with E-state index in [1.165, 1.54) is 0 Å². The molecule has 1 aliphatic heterocycles. The van der Waals surface area contributed by atoms with Crippen molar-refractivity contribution < 1.29 is 9.53 Å². The molecule has 72 valence electrons. The van der Waals surface area contributed by atoms with Gasteiger partial charge in [-0.2, -0.15) is 0 Å². The number of carbonyl (C=O) groups is 1. The van der Waals surface area contributed by atoms with E-state index in [1.807, 2.05) is 0 Å². The number of hydrogen-bond donors (Lipinski definition) is 1. The Morgan fingerprint density at radius 2 is 2.29 bits per heavy atom. The number of allylic oxidation sites excluding steroid dienone is 1. The van der Waals surface area contributed by atoms with Crippen LogP contribution in [0, 0.1) is 23.7 Å². The fraction of sp³-hybridized carbons (Fsp3) is 0.300. The van der Waals surface area contributed by atoms with E-state index in [0.29, 0.717) is 5.75 Å². The van der Waals surface area contributed by atoms with E-state index in [-0.39, 0.29) is 0 Å². The summed E-state index contributed by atoms with van der Waals surface area (Å²) in [7, 11) is 0. The quantitative estimate of drug-likeness (QED) is 0.646. The van der Waals surface area contributed by atoms with Crippen LogP contribution in [-0.2, 0) is 4.74 Å². The van der Waals surface area contributed by atoms with Gasteiger partial charge in [0.25, 0.3) is 0 Å². The van der Waals surface area contributed by atoms with Crippen LogP contribution >= 0.6 is 11.8 Å². The first-order valence-corrected chi connectivity index (χ1v) is 5.12. The molecule has 4 heteroatoms. The Hall–Kier alpha value is -1.52. The molecule has 0 saturated carbocycles. The predicted molar refractivity (Wildman–Crippen MR) is 56.5 cm³/mol. The Balaban J connectivity index is 2.66. The van der Waals surface area contributed by atoms with E-state index in [0.717, 1.165) is 5.75 Å². The molecule has 1 atom stereocenters. The second-order valence-electron chi connectivity index (χ2n) is 2.35. The minimum atomic E-state index is -0.827. The van der Waals surface area contributed by atoms with Gasteiger partial charge in [-0.05, 0) is 12.2 Å². The molecular formula is C10H9NO2S. The normalized spacial score (nSPS) is 21.9. The summed E-state index contributed by atoms with van der Waals surface area (Å²) < 4.78 is 4.72. The topological polar surface area (TPSA) is 52.3 Å². The molecule has 0 spiro atoms. The highest BCUT2D eigenvalue weighted by Crippen LogP contribution is 1.99. The monoisotopic (exact) mass is 207 g/mol. The third kappa shape index (κ3) is 4.49. The molecule has 14 heavy (non-hydrogen) atoms. The van der Waals surface area contributed by atoms with Gasteiger partial charge in [-0.1, -0.05) is 23.7 Å². The maximum absolute atomic E-state index is 10.5. The van der Waals surface area contributed by atoms with Gasteiger partial charge in [0.1, 0.15) is 0 Å². The van der Waals surface area contributed by atoms with Gasteiger partial charge in [-0.3, -0.25) is 0 Å². The number of carbonyl (C=O) groups excluding carboxylic acids is 1. The van der Waals surface area contributed by atoms with Crippen molar-refractivity contribution in [2.24, 2.45) is 5.73 Å². The minimum Gasteiger partial charge on any atom is -0.429 e. The van der Waals surface area contributed by atoms with E-state index in [2.05, 4.69) is 23.7 Å². The van der Waals surface area contributed by atoms with Crippen LogP contribution in [0.5, 0.6) is 0 Å². The van der Waals surface area contributed by atoms with Crippen molar-refractivity contribution in [2.75, 3.05) is 11.5 Å². The molecule has 2 N–H and O–H groups in total. The maximum atomic E-state index is 10.5. The maximum Gasteiger partial charge on any atom is 0.406 e. The van der Waals surface area contributed by atoms with Crippen molar-refractivity contribution in [1.82, 2.24) is 0 Å². The SMILES string of the molecule is NC(=O)OC1C#CCSCC#C/C=C/1. The van der Waals surface area contributed by atoms with Crippen LogP contribution in [-0.4, -0.2) is 23.7 Å². The van der Waals surface area contributed by atoms with Crippen LogP contribution in [0.3, 0.4) is 0 Å². The van der Waals surface area contributed by atoms with Gasteiger partial charge in [-0.25, -0.2) is 4.79 Å². The Morgan fingerprint density at radius 3 is 3.07 bits per heavy atom. The first-order chi connectivity index (χ1) is 6.79. The van der Waals surface area contributed by atoms with Crippen molar-refractivity contribution in [1.29, 1.82) is 0 Å². The Morgan fingerprint density at radius 1 is 1.50 bits per heavy atom. The van der Waals surface area contributed by atoms with Gasteiger partial charge in [0.2, 0.25) is 0 Å². The number of ether oxygens (including phenoxy) is 1. The number of amides is 1. The second-order valence-corrected chi connectivity index (χ2v) is 3.34. The zero-order valence-electron chi connectivity index (χ0n) is 7.45. The summed E-state index contributed by atoms with van der Waals surface area (Å²) in [5.74, 6) is 12.8. The highest BCUT2D eigenvalue weighted by atomic mass is 32.2. The molecule has 3 nitrogen and oxygen atoms in total. The summed E-state index contributed by atoms with van der Waals surface area (Å²) in [4.78, 5) is 10.5. The number of hydrogen-bond acceptors (Lipinski definition) is 3. The summed E-state index contributed by atoms with van der Waals surface area (Å²) >= 11 is 1.62. The lowest BCUT2D eigenvalue weighted by Crippen LogP contribution is -2.20. The number of rotatable bonds is 1. The van der Waals surface area contributed by atoms with E-state index in [1.54, 1.807) is 23.9 Å². The van der Waals surface area contributed by atoms with Crippen molar-refractivity contribution in [2.45, 2.75) is 6.10 Å². The third-order valence-electron chi connectivity index (χ3n) is 1.29. The standard InChI is InChI=1S/C10H9NO2S/c11-10(12)13-9-5-2-1-3-7-14-8-4-6-9/h2,5,9H,7-8H2,(H2,11,12)/b5-2+.